The third-order valence-electron chi connectivity index (χ3n) is 3.55. The molecule has 0 unspecified atom stereocenters. The minimum absolute atomic E-state index is 0.169. The number of benzene rings is 1. The zero-order valence-corrected chi connectivity index (χ0v) is 17.3. The maximum Gasteiger partial charge on any atom is 0.338 e. The van der Waals surface area contributed by atoms with Crippen LogP contribution in [0.25, 0.3) is 10.3 Å². The number of thioether (sulfide) groups is 1. The van der Waals surface area contributed by atoms with Crippen molar-refractivity contribution in [1.82, 2.24) is 15.0 Å². The smallest absolute Gasteiger partial charge is 0.338 e. The molecular formula is C18H19N5O3S2. The molecule has 3 aromatic rings. The lowest BCUT2D eigenvalue weighted by atomic mass is 10.2. The standard InChI is InChI=1S/C18H19N5O3S2/c1-4-26-17(25)11-5-7-12(8-6-11)21-13(24)9-27-16-14-15(19-10-20-16)22-18(28-14)23(2)3/h5-8,10H,4,9H2,1-3H3,(H,21,24). The quantitative estimate of drug-likeness (QED) is 0.356. The first-order valence-corrected chi connectivity index (χ1v) is 10.3. The van der Waals surface area contributed by atoms with E-state index >= 15 is 0 Å². The number of anilines is 2. The summed E-state index contributed by atoms with van der Waals surface area (Å²) >= 11 is 2.82. The summed E-state index contributed by atoms with van der Waals surface area (Å²) in [4.78, 5) is 38.7. The zero-order chi connectivity index (χ0) is 20.1. The van der Waals surface area contributed by atoms with Gasteiger partial charge in [0, 0.05) is 19.8 Å². The highest BCUT2D eigenvalue weighted by atomic mass is 32.2. The van der Waals surface area contributed by atoms with Crippen LogP contribution in [0.5, 0.6) is 0 Å². The van der Waals surface area contributed by atoms with Crippen molar-refractivity contribution in [3.8, 4) is 0 Å². The molecule has 0 radical (unpaired) electrons. The van der Waals surface area contributed by atoms with Crippen molar-refractivity contribution < 1.29 is 14.3 Å². The van der Waals surface area contributed by atoms with Gasteiger partial charge in [0.2, 0.25) is 5.91 Å². The summed E-state index contributed by atoms with van der Waals surface area (Å²) in [6, 6.07) is 6.58. The average molecular weight is 418 g/mol. The monoisotopic (exact) mass is 417 g/mol. The van der Waals surface area contributed by atoms with Crippen molar-refractivity contribution in [2.45, 2.75) is 11.9 Å². The van der Waals surface area contributed by atoms with Crippen molar-refractivity contribution in [2.75, 3.05) is 36.7 Å². The molecule has 0 aliphatic carbocycles. The second-order valence-electron chi connectivity index (χ2n) is 5.86. The van der Waals surface area contributed by atoms with Crippen LogP contribution in [0.3, 0.4) is 0 Å². The van der Waals surface area contributed by atoms with Crippen molar-refractivity contribution in [3.63, 3.8) is 0 Å². The largest absolute Gasteiger partial charge is 0.462 e. The summed E-state index contributed by atoms with van der Waals surface area (Å²) < 4.78 is 5.80. The Bertz CT molecular complexity index is 989. The Balaban J connectivity index is 1.61. The number of hydrogen-bond acceptors (Lipinski definition) is 9. The molecule has 0 saturated heterocycles. The van der Waals surface area contributed by atoms with Gasteiger partial charge in [0.15, 0.2) is 10.8 Å². The van der Waals surface area contributed by atoms with E-state index in [-0.39, 0.29) is 17.6 Å². The summed E-state index contributed by atoms with van der Waals surface area (Å²) in [6.07, 6.45) is 1.45. The van der Waals surface area contributed by atoms with E-state index in [9.17, 15) is 9.59 Å². The molecule has 8 nitrogen and oxygen atoms in total. The lowest BCUT2D eigenvalue weighted by Crippen LogP contribution is -2.14. The molecule has 146 valence electrons. The van der Waals surface area contributed by atoms with Crippen molar-refractivity contribution >= 4 is 56.1 Å². The highest BCUT2D eigenvalue weighted by molar-refractivity contribution is 8.00. The maximum atomic E-state index is 12.3. The predicted octanol–water partition coefficient (Wildman–Crippen LogP) is 3.06. The Morgan fingerprint density at radius 3 is 2.64 bits per heavy atom. The van der Waals surface area contributed by atoms with Gasteiger partial charge in [0.05, 0.1) is 17.9 Å². The number of nitrogens with one attached hydrogen (secondary N) is 1. The van der Waals surface area contributed by atoms with Gasteiger partial charge in [-0.25, -0.2) is 14.8 Å². The van der Waals surface area contributed by atoms with Crippen LogP contribution in [-0.2, 0) is 9.53 Å². The first-order chi connectivity index (χ1) is 13.5. The number of fused-ring (bicyclic) bond motifs is 1. The summed E-state index contributed by atoms with van der Waals surface area (Å²) in [5, 5.41) is 4.37. The second kappa shape index (κ2) is 8.98. The number of nitrogens with zero attached hydrogens (tertiary/aromatic N) is 4. The van der Waals surface area contributed by atoms with Gasteiger partial charge in [-0.05, 0) is 31.2 Å². The fraction of sp³-hybridized carbons (Fsp3) is 0.278. The van der Waals surface area contributed by atoms with Crippen LogP contribution in [0, 0.1) is 0 Å². The molecule has 28 heavy (non-hydrogen) atoms. The van der Waals surface area contributed by atoms with Crippen LogP contribution in [0.15, 0.2) is 35.6 Å². The number of carbonyl (C=O) groups is 2. The number of amides is 1. The third-order valence-corrected chi connectivity index (χ3v) is 5.89. The Hall–Kier alpha value is -2.72. The van der Waals surface area contributed by atoms with Crippen LogP contribution >= 0.6 is 23.1 Å². The molecule has 3 rings (SSSR count). The van der Waals surface area contributed by atoms with Gasteiger partial charge in [0.1, 0.15) is 16.1 Å². The van der Waals surface area contributed by atoms with E-state index < -0.39 is 0 Å². The van der Waals surface area contributed by atoms with E-state index in [0.717, 1.165) is 14.9 Å². The molecule has 1 N–H and O–H groups in total. The van der Waals surface area contributed by atoms with Gasteiger partial charge in [-0.15, -0.1) is 0 Å². The SMILES string of the molecule is CCOC(=O)c1ccc(NC(=O)CSc2ncnc3nc(N(C)C)sc23)cc1. The Kier molecular flexibility index (Phi) is 6.42. The minimum Gasteiger partial charge on any atom is -0.462 e. The molecule has 1 amide bonds. The molecule has 0 atom stereocenters. The number of carbonyl (C=O) groups excluding carboxylic acids is 2. The minimum atomic E-state index is -0.384. The van der Waals surface area contributed by atoms with Crippen molar-refractivity contribution in [2.24, 2.45) is 0 Å². The third kappa shape index (κ3) is 4.76. The molecule has 0 aliphatic heterocycles. The molecule has 0 aliphatic rings. The highest BCUT2D eigenvalue weighted by Crippen LogP contribution is 2.32. The van der Waals surface area contributed by atoms with Gasteiger partial charge < -0.3 is 15.0 Å². The second-order valence-corrected chi connectivity index (χ2v) is 7.80. The van der Waals surface area contributed by atoms with E-state index in [1.54, 1.807) is 31.2 Å². The summed E-state index contributed by atoms with van der Waals surface area (Å²) in [7, 11) is 3.83. The number of aromatic nitrogens is 3. The number of esters is 1. The fourth-order valence-electron chi connectivity index (χ4n) is 2.25. The zero-order valence-electron chi connectivity index (χ0n) is 15.6. The molecule has 1 aromatic carbocycles. The molecule has 2 heterocycles. The van der Waals surface area contributed by atoms with Gasteiger partial charge in [-0.2, -0.15) is 4.98 Å². The topological polar surface area (TPSA) is 97.3 Å². The molecule has 10 heteroatoms. The van der Waals surface area contributed by atoms with E-state index in [2.05, 4.69) is 20.3 Å². The number of ether oxygens (including phenoxy) is 1. The van der Waals surface area contributed by atoms with E-state index in [1.165, 1.54) is 29.4 Å². The van der Waals surface area contributed by atoms with E-state index in [4.69, 9.17) is 4.74 Å². The van der Waals surface area contributed by atoms with Crippen LogP contribution < -0.4 is 10.2 Å². The Labute approximate surface area is 170 Å². The molecule has 0 fully saturated rings. The highest BCUT2D eigenvalue weighted by Gasteiger charge is 2.14. The number of hydrogen-bond donors (Lipinski definition) is 1. The van der Waals surface area contributed by atoms with Crippen LogP contribution in [0.1, 0.15) is 17.3 Å². The maximum absolute atomic E-state index is 12.3. The number of rotatable bonds is 7. The Morgan fingerprint density at radius 1 is 1.21 bits per heavy atom. The summed E-state index contributed by atoms with van der Waals surface area (Å²) in [5.74, 6) is -0.357. The van der Waals surface area contributed by atoms with Crippen LogP contribution in [0.4, 0.5) is 10.8 Å². The first kappa shape index (κ1) is 20.0. The van der Waals surface area contributed by atoms with Gasteiger partial charge in [0.25, 0.3) is 0 Å². The van der Waals surface area contributed by atoms with E-state index in [1.807, 2.05) is 19.0 Å². The van der Waals surface area contributed by atoms with Crippen molar-refractivity contribution in [1.29, 1.82) is 0 Å². The molecular weight excluding hydrogens is 398 g/mol. The normalized spacial score (nSPS) is 10.7. The fourth-order valence-corrected chi connectivity index (χ4v) is 4.06. The molecule has 0 bridgehead atoms. The van der Waals surface area contributed by atoms with Gasteiger partial charge in [-0.1, -0.05) is 23.1 Å². The Morgan fingerprint density at radius 2 is 1.96 bits per heavy atom. The van der Waals surface area contributed by atoms with Crippen molar-refractivity contribution in [3.05, 3.63) is 36.2 Å². The van der Waals surface area contributed by atoms with Crippen LogP contribution in [0.2, 0.25) is 0 Å². The van der Waals surface area contributed by atoms with Crippen LogP contribution in [-0.4, -0.2) is 53.3 Å². The lowest BCUT2D eigenvalue weighted by Gasteiger charge is -2.06. The molecule has 2 aromatic heterocycles. The number of thiazole rings is 1. The van der Waals surface area contributed by atoms with E-state index in [0.29, 0.717) is 23.5 Å². The molecule has 0 saturated carbocycles. The lowest BCUT2D eigenvalue weighted by molar-refractivity contribution is -0.113. The first-order valence-electron chi connectivity index (χ1n) is 8.46. The van der Waals surface area contributed by atoms with Gasteiger partial charge in [-0.3, -0.25) is 4.79 Å². The predicted molar refractivity (Wildman–Crippen MR) is 111 cm³/mol. The average Bonchev–Trinajstić information content (AvgIpc) is 3.12. The summed E-state index contributed by atoms with van der Waals surface area (Å²) in [5.41, 5.74) is 1.68. The summed E-state index contributed by atoms with van der Waals surface area (Å²) in [6.45, 7) is 2.07. The molecule has 0 spiro atoms. The van der Waals surface area contributed by atoms with Gasteiger partial charge >= 0.3 is 5.97 Å².